The van der Waals surface area contributed by atoms with E-state index in [0.29, 0.717) is 6.04 Å². The SMILES string of the molecule is C=CCCC(C)NCc1cccnn1. The van der Waals surface area contributed by atoms with E-state index in [1.54, 1.807) is 6.20 Å². The average Bonchev–Trinajstić information content (AvgIpc) is 2.25. The molecule has 1 rings (SSSR count). The van der Waals surface area contributed by atoms with Gasteiger partial charge in [0.1, 0.15) is 0 Å². The molecule has 1 aromatic heterocycles. The van der Waals surface area contributed by atoms with Gasteiger partial charge in [0.05, 0.1) is 5.69 Å². The summed E-state index contributed by atoms with van der Waals surface area (Å²) in [6.07, 6.45) is 5.80. The first kappa shape index (κ1) is 10.9. The van der Waals surface area contributed by atoms with E-state index in [9.17, 15) is 0 Å². The molecule has 0 aliphatic rings. The van der Waals surface area contributed by atoms with Gasteiger partial charge in [0.25, 0.3) is 0 Å². The van der Waals surface area contributed by atoms with Gasteiger partial charge in [-0.2, -0.15) is 10.2 Å². The number of aromatic nitrogens is 2. The van der Waals surface area contributed by atoms with Crippen molar-refractivity contribution in [1.82, 2.24) is 15.5 Å². The van der Waals surface area contributed by atoms with Gasteiger partial charge in [-0.05, 0) is 31.9 Å². The van der Waals surface area contributed by atoms with Gasteiger partial charge in [-0.15, -0.1) is 6.58 Å². The summed E-state index contributed by atoms with van der Waals surface area (Å²) in [6, 6.07) is 4.37. The normalized spacial score (nSPS) is 12.4. The van der Waals surface area contributed by atoms with Gasteiger partial charge >= 0.3 is 0 Å². The Morgan fingerprint density at radius 2 is 2.50 bits per heavy atom. The average molecular weight is 191 g/mol. The van der Waals surface area contributed by atoms with Crippen LogP contribution in [-0.2, 0) is 6.54 Å². The van der Waals surface area contributed by atoms with Crippen LogP contribution in [0.25, 0.3) is 0 Å². The smallest absolute Gasteiger partial charge is 0.0769 e. The molecule has 0 aliphatic carbocycles. The number of hydrogen-bond acceptors (Lipinski definition) is 3. The monoisotopic (exact) mass is 191 g/mol. The molecule has 0 aliphatic heterocycles. The summed E-state index contributed by atoms with van der Waals surface area (Å²) in [5.41, 5.74) is 0.984. The van der Waals surface area contributed by atoms with Crippen molar-refractivity contribution in [3.63, 3.8) is 0 Å². The molecule has 14 heavy (non-hydrogen) atoms. The maximum Gasteiger partial charge on any atom is 0.0769 e. The highest BCUT2D eigenvalue weighted by atomic mass is 15.1. The van der Waals surface area contributed by atoms with Gasteiger partial charge in [0.15, 0.2) is 0 Å². The molecule has 0 bridgehead atoms. The molecular formula is C11H17N3. The Morgan fingerprint density at radius 1 is 1.64 bits per heavy atom. The van der Waals surface area contributed by atoms with E-state index in [1.165, 1.54) is 0 Å². The summed E-state index contributed by atoms with van der Waals surface area (Å²) in [5.74, 6) is 0. The van der Waals surface area contributed by atoms with Gasteiger partial charge < -0.3 is 5.32 Å². The molecule has 1 atom stereocenters. The zero-order chi connectivity index (χ0) is 10.2. The van der Waals surface area contributed by atoms with Crippen LogP contribution in [0.3, 0.4) is 0 Å². The minimum Gasteiger partial charge on any atom is -0.309 e. The predicted molar refractivity (Wildman–Crippen MR) is 57.8 cm³/mol. The lowest BCUT2D eigenvalue weighted by molar-refractivity contribution is 0.511. The maximum atomic E-state index is 4.00. The molecule has 1 aromatic rings. The van der Waals surface area contributed by atoms with Crippen LogP contribution in [0.15, 0.2) is 31.0 Å². The topological polar surface area (TPSA) is 37.8 Å². The maximum absolute atomic E-state index is 4.00. The molecule has 0 fully saturated rings. The number of nitrogens with zero attached hydrogens (tertiary/aromatic N) is 2. The highest BCUT2D eigenvalue weighted by Gasteiger charge is 2.00. The quantitative estimate of drug-likeness (QED) is 0.698. The summed E-state index contributed by atoms with van der Waals surface area (Å²) in [6.45, 7) is 6.65. The van der Waals surface area contributed by atoms with Crippen molar-refractivity contribution in [1.29, 1.82) is 0 Å². The fourth-order valence-electron chi connectivity index (χ4n) is 1.18. The fraction of sp³-hybridized carbons (Fsp3) is 0.455. The van der Waals surface area contributed by atoms with Gasteiger partial charge in [-0.25, -0.2) is 0 Å². The molecule has 3 heteroatoms. The summed E-state index contributed by atoms with van der Waals surface area (Å²) in [7, 11) is 0. The van der Waals surface area contributed by atoms with Crippen molar-refractivity contribution in [3.05, 3.63) is 36.7 Å². The Morgan fingerprint density at radius 3 is 3.14 bits per heavy atom. The van der Waals surface area contributed by atoms with Crippen LogP contribution in [0.5, 0.6) is 0 Å². The Bertz CT molecular complexity index is 258. The lowest BCUT2D eigenvalue weighted by Crippen LogP contribution is -2.25. The van der Waals surface area contributed by atoms with Crippen LogP contribution in [0.1, 0.15) is 25.5 Å². The largest absolute Gasteiger partial charge is 0.309 e. The van der Waals surface area contributed by atoms with E-state index in [0.717, 1.165) is 25.1 Å². The number of nitrogens with one attached hydrogen (secondary N) is 1. The molecule has 0 radical (unpaired) electrons. The van der Waals surface area contributed by atoms with Crippen molar-refractivity contribution < 1.29 is 0 Å². The third kappa shape index (κ3) is 4.14. The molecule has 0 spiro atoms. The molecule has 0 saturated carbocycles. The van der Waals surface area contributed by atoms with E-state index >= 15 is 0 Å². The molecule has 0 saturated heterocycles. The number of rotatable bonds is 6. The molecule has 0 aromatic carbocycles. The van der Waals surface area contributed by atoms with E-state index in [2.05, 4.69) is 29.0 Å². The Kier molecular flexibility index (Phi) is 4.86. The Hall–Kier alpha value is -1.22. The molecule has 1 heterocycles. The number of allylic oxidation sites excluding steroid dienone is 1. The van der Waals surface area contributed by atoms with Crippen LogP contribution >= 0.6 is 0 Å². The second-order valence-corrected chi connectivity index (χ2v) is 3.36. The van der Waals surface area contributed by atoms with Gasteiger partial charge in [0.2, 0.25) is 0 Å². The standard InChI is InChI=1S/C11H17N3/c1-3-4-6-10(2)12-9-11-7-5-8-13-14-11/h3,5,7-8,10,12H,1,4,6,9H2,2H3. The van der Waals surface area contributed by atoms with Crippen LogP contribution in [0, 0.1) is 0 Å². The fourth-order valence-corrected chi connectivity index (χ4v) is 1.18. The van der Waals surface area contributed by atoms with Crippen molar-refractivity contribution in [2.24, 2.45) is 0 Å². The highest BCUT2D eigenvalue weighted by molar-refractivity contribution is 4.98. The van der Waals surface area contributed by atoms with Crippen molar-refractivity contribution in [2.45, 2.75) is 32.4 Å². The van der Waals surface area contributed by atoms with Crippen molar-refractivity contribution in [3.8, 4) is 0 Å². The first-order chi connectivity index (χ1) is 6.83. The van der Waals surface area contributed by atoms with E-state index in [-0.39, 0.29) is 0 Å². The summed E-state index contributed by atoms with van der Waals surface area (Å²) < 4.78 is 0. The highest BCUT2D eigenvalue weighted by Crippen LogP contribution is 1.98. The lowest BCUT2D eigenvalue weighted by Gasteiger charge is -2.11. The summed E-state index contributed by atoms with van der Waals surface area (Å²) in [4.78, 5) is 0. The van der Waals surface area contributed by atoms with Gasteiger partial charge in [-0.1, -0.05) is 6.08 Å². The molecule has 3 nitrogen and oxygen atoms in total. The summed E-state index contributed by atoms with van der Waals surface area (Å²) in [5, 5.41) is 11.2. The van der Waals surface area contributed by atoms with E-state index in [4.69, 9.17) is 0 Å². The lowest BCUT2D eigenvalue weighted by atomic mass is 10.2. The minimum absolute atomic E-state index is 0.495. The Labute approximate surface area is 85.3 Å². The summed E-state index contributed by atoms with van der Waals surface area (Å²) >= 11 is 0. The number of hydrogen-bond donors (Lipinski definition) is 1. The zero-order valence-electron chi connectivity index (χ0n) is 8.61. The third-order valence-corrected chi connectivity index (χ3v) is 2.06. The molecule has 76 valence electrons. The predicted octanol–water partition coefficient (Wildman–Crippen LogP) is 1.92. The molecule has 1 unspecified atom stereocenters. The van der Waals surface area contributed by atoms with Crippen molar-refractivity contribution >= 4 is 0 Å². The van der Waals surface area contributed by atoms with Crippen LogP contribution < -0.4 is 5.32 Å². The first-order valence-corrected chi connectivity index (χ1v) is 4.94. The van der Waals surface area contributed by atoms with Crippen LogP contribution in [0.2, 0.25) is 0 Å². The first-order valence-electron chi connectivity index (χ1n) is 4.94. The second-order valence-electron chi connectivity index (χ2n) is 3.36. The van der Waals surface area contributed by atoms with Crippen molar-refractivity contribution in [2.75, 3.05) is 0 Å². The van der Waals surface area contributed by atoms with E-state index in [1.807, 2.05) is 18.2 Å². The third-order valence-electron chi connectivity index (χ3n) is 2.06. The van der Waals surface area contributed by atoms with Crippen LogP contribution in [-0.4, -0.2) is 16.2 Å². The molecule has 0 amide bonds. The molecular weight excluding hydrogens is 174 g/mol. The van der Waals surface area contributed by atoms with E-state index < -0.39 is 0 Å². The Balaban J connectivity index is 2.23. The van der Waals surface area contributed by atoms with Crippen LogP contribution in [0.4, 0.5) is 0 Å². The van der Waals surface area contributed by atoms with Gasteiger partial charge in [-0.3, -0.25) is 0 Å². The zero-order valence-corrected chi connectivity index (χ0v) is 8.61. The molecule has 1 N–H and O–H groups in total. The van der Waals surface area contributed by atoms with Gasteiger partial charge in [0, 0.05) is 18.8 Å². The second kappa shape index (κ2) is 6.27. The minimum atomic E-state index is 0.495.